The number of allylic oxidation sites excluding steroid dienone is 1. The minimum Gasteiger partial charge on any atom is -0.464 e. The molecule has 0 aliphatic rings. The zero-order chi connectivity index (χ0) is 14.1. The van der Waals surface area contributed by atoms with Crippen LogP contribution >= 0.6 is 11.8 Å². The molecule has 1 rings (SSSR count). The number of carbonyl (C=O) groups is 1. The molecule has 0 saturated carbocycles. The Kier molecular flexibility index (Phi) is 6.20. The number of ether oxygens (including phenoxy) is 1. The Morgan fingerprint density at radius 1 is 1.47 bits per heavy atom. The van der Waals surface area contributed by atoms with Crippen molar-refractivity contribution in [3.05, 3.63) is 60.9 Å². The van der Waals surface area contributed by atoms with Crippen molar-refractivity contribution in [1.29, 1.82) is 0 Å². The molecule has 1 aromatic rings. The van der Waals surface area contributed by atoms with Gasteiger partial charge in [-0.05, 0) is 32.1 Å². The van der Waals surface area contributed by atoms with Crippen molar-refractivity contribution in [2.24, 2.45) is 0 Å². The van der Waals surface area contributed by atoms with E-state index in [4.69, 9.17) is 4.74 Å². The third-order valence-corrected chi connectivity index (χ3v) is 3.62. The Bertz CT molecular complexity index is 487. The first-order valence-corrected chi connectivity index (χ1v) is 6.92. The average Bonchev–Trinajstić information content (AvgIpc) is 2.40. The van der Waals surface area contributed by atoms with Crippen LogP contribution in [0.3, 0.4) is 0 Å². The van der Waals surface area contributed by atoms with Crippen LogP contribution in [-0.2, 0) is 9.53 Å². The molecule has 0 radical (unpaired) electrons. The molecule has 100 valence electrons. The van der Waals surface area contributed by atoms with Gasteiger partial charge in [0, 0.05) is 4.90 Å². The Morgan fingerprint density at radius 3 is 2.68 bits per heavy atom. The number of rotatable bonds is 6. The monoisotopic (exact) mass is 274 g/mol. The summed E-state index contributed by atoms with van der Waals surface area (Å²) >= 11 is 1.41. The van der Waals surface area contributed by atoms with Gasteiger partial charge in [-0.25, -0.2) is 4.79 Å². The minimum atomic E-state index is -0.909. The van der Waals surface area contributed by atoms with Crippen molar-refractivity contribution in [3.63, 3.8) is 0 Å². The molecule has 0 heterocycles. The van der Waals surface area contributed by atoms with E-state index in [1.54, 1.807) is 19.1 Å². The summed E-state index contributed by atoms with van der Waals surface area (Å²) in [5.74, 6) is -0.307. The lowest BCUT2D eigenvalue weighted by Crippen LogP contribution is -2.32. The number of thioether (sulfide) groups is 1. The lowest BCUT2D eigenvalue weighted by molar-refractivity contribution is -0.143. The van der Waals surface area contributed by atoms with Crippen molar-refractivity contribution in [2.75, 3.05) is 6.61 Å². The van der Waals surface area contributed by atoms with Crippen molar-refractivity contribution in [1.82, 2.24) is 0 Å². The van der Waals surface area contributed by atoms with E-state index in [0.29, 0.717) is 6.61 Å². The summed E-state index contributed by atoms with van der Waals surface area (Å²) in [6.07, 6.45) is 5.28. The Labute approximate surface area is 118 Å². The molecule has 1 unspecified atom stereocenters. The van der Waals surface area contributed by atoms with E-state index >= 15 is 0 Å². The highest BCUT2D eigenvalue weighted by atomic mass is 32.2. The summed E-state index contributed by atoms with van der Waals surface area (Å²) in [7, 11) is 0. The van der Waals surface area contributed by atoms with Gasteiger partial charge in [0.05, 0.1) is 6.61 Å². The summed E-state index contributed by atoms with van der Waals surface area (Å²) < 4.78 is 4.27. The van der Waals surface area contributed by atoms with E-state index in [0.717, 1.165) is 4.90 Å². The second-order valence-corrected chi connectivity index (χ2v) is 5.13. The van der Waals surface area contributed by atoms with Crippen molar-refractivity contribution in [3.8, 4) is 0 Å². The van der Waals surface area contributed by atoms with Gasteiger partial charge >= 0.3 is 5.97 Å². The number of esters is 1. The van der Waals surface area contributed by atoms with Crippen LogP contribution in [0.2, 0.25) is 0 Å². The topological polar surface area (TPSA) is 26.3 Å². The first kappa shape index (κ1) is 15.4. The van der Waals surface area contributed by atoms with Crippen LogP contribution in [0.15, 0.2) is 65.8 Å². The number of hydrogen-bond acceptors (Lipinski definition) is 3. The molecule has 0 N–H and O–H groups in total. The fourth-order valence-electron chi connectivity index (χ4n) is 1.61. The van der Waals surface area contributed by atoms with E-state index in [1.807, 2.05) is 43.3 Å². The molecule has 0 amide bonds. The third kappa shape index (κ3) is 4.16. The highest BCUT2D eigenvalue weighted by molar-refractivity contribution is 8.01. The van der Waals surface area contributed by atoms with Gasteiger partial charge in [0.25, 0.3) is 0 Å². The van der Waals surface area contributed by atoms with Gasteiger partial charge in [-0.3, -0.25) is 0 Å². The summed E-state index contributed by atoms with van der Waals surface area (Å²) in [4.78, 5) is 13.2. The maximum absolute atomic E-state index is 12.3. The standard InChI is InChI=1S/C16H18O2S/c1-4-12-16(13-5-2,15(17)18-6-3)19-14-10-8-7-9-11-14/h5,7-13H,1,6H2,2-3H3/b13-5+. The second kappa shape index (κ2) is 7.67. The number of hydrogen-bond donors (Lipinski definition) is 0. The fourth-order valence-corrected chi connectivity index (χ4v) is 2.78. The first-order chi connectivity index (χ1) is 9.18. The SMILES string of the molecule is C=C=CC(/C=C/C)(Sc1ccccc1)C(=O)OCC. The molecule has 0 bridgehead atoms. The molecule has 1 aromatic carbocycles. The maximum Gasteiger partial charge on any atom is 0.331 e. The van der Waals surface area contributed by atoms with Gasteiger partial charge in [-0.15, -0.1) is 5.73 Å². The molecule has 19 heavy (non-hydrogen) atoms. The Morgan fingerprint density at radius 2 is 2.16 bits per heavy atom. The molecule has 3 heteroatoms. The molecule has 0 aromatic heterocycles. The van der Waals surface area contributed by atoms with Gasteiger partial charge in [-0.1, -0.05) is 48.7 Å². The molecule has 0 spiro atoms. The summed E-state index contributed by atoms with van der Waals surface area (Å²) in [6, 6.07) is 9.73. The zero-order valence-corrected chi connectivity index (χ0v) is 12.1. The average molecular weight is 274 g/mol. The van der Waals surface area contributed by atoms with Crippen LogP contribution in [0, 0.1) is 0 Å². The minimum absolute atomic E-state index is 0.307. The van der Waals surface area contributed by atoms with E-state index in [-0.39, 0.29) is 5.97 Å². The normalized spacial score (nSPS) is 13.6. The van der Waals surface area contributed by atoms with Crippen LogP contribution in [0.4, 0.5) is 0 Å². The van der Waals surface area contributed by atoms with E-state index in [1.165, 1.54) is 11.8 Å². The van der Waals surface area contributed by atoms with Crippen LogP contribution in [0.1, 0.15) is 13.8 Å². The first-order valence-electron chi connectivity index (χ1n) is 6.10. The zero-order valence-electron chi connectivity index (χ0n) is 11.3. The number of carbonyl (C=O) groups excluding carboxylic acids is 1. The quantitative estimate of drug-likeness (QED) is 0.339. The van der Waals surface area contributed by atoms with Crippen molar-refractivity contribution in [2.45, 2.75) is 23.5 Å². The van der Waals surface area contributed by atoms with E-state index in [9.17, 15) is 4.79 Å². The smallest absolute Gasteiger partial charge is 0.331 e. The molecular weight excluding hydrogens is 256 g/mol. The highest BCUT2D eigenvalue weighted by Crippen LogP contribution is 2.36. The number of benzene rings is 1. The summed E-state index contributed by atoms with van der Waals surface area (Å²) in [6.45, 7) is 7.59. The molecule has 1 atom stereocenters. The van der Waals surface area contributed by atoms with Crippen LogP contribution < -0.4 is 0 Å². The van der Waals surface area contributed by atoms with Gasteiger partial charge in [0.15, 0.2) is 4.75 Å². The molecular formula is C16H18O2S. The van der Waals surface area contributed by atoms with Gasteiger partial charge in [0.2, 0.25) is 0 Å². The van der Waals surface area contributed by atoms with Gasteiger partial charge in [0.1, 0.15) is 0 Å². The largest absolute Gasteiger partial charge is 0.464 e. The van der Waals surface area contributed by atoms with Gasteiger partial charge in [-0.2, -0.15) is 0 Å². The van der Waals surface area contributed by atoms with Crippen molar-refractivity contribution < 1.29 is 9.53 Å². The fraction of sp³-hybridized carbons (Fsp3) is 0.250. The third-order valence-electron chi connectivity index (χ3n) is 2.36. The molecule has 2 nitrogen and oxygen atoms in total. The molecule has 0 aliphatic heterocycles. The van der Waals surface area contributed by atoms with Crippen molar-refractivity contribution >= 4 is 17.7 Å². The van der Waals surface area contributed by atoms with E-state index < -0.39 is 4.75 Å². The summed E-state index contributed by atoms with van der Waals surface area (Å²) in [5.41, 5.74) is 2.71. The van der Waals surface area contributed by atoms with E-state index in [2.05, 4.69) is 12.3 Å². The van der Waals surface area contributed by atoms with Gasteiger partial charge < -0.3 is 4.74 Å². The summed E-state index contributed by atoms with van der Waals surface area (Å²) in [5, 5.41) is 0. The highest BCUT2D eigenvalue weighted by Gasteiger charge is 2.36. The Hall–Kier alpha value is -1.70. The van der Waals surface area contributed by atoms with Crippen LogP contribution in [-0.4, -0.2) is 17.3 Å². The lowest BCUT2D eigenvalue weighted by Gasteiger charge is -2.23. The maximum atomic E-state index is 12.3. The molecule has 0 fully saturated rings. The Balaban J connectivity index is 3.16. The predicted molar refractivity (Wildman–Crippen MR) is 80.2 cm³/mol. The molecule has 0 saturated heterocycles. The lowest BCUT2D eigenvalue weighted by atomic mass is 10.1. The predicted octanol–water partition coefficient (Wildman–Crippen LogP) is 4.00. The van der Waals surface area contributed by atoms with Crippen LogP contribution in [0.25, 0.3) is 0 Å². The molecule has 0 aliphatic carbocycles. The van der Waals surface area contributed by atoms with Crippen LogP contribution in [0.5, 0.6) is 0 Å². The second-order valence-electron chi connectivity index (χ2n) is 3.78.